The molecule has 0 bridgehead atoms. The number of methoxy groups -OCH3 is 2. The summed E-state index contributed by atoms with van der Waals surface area (Å²) in [6.07, 6.45) is 1.04. The molecule has 0 spiro atoms. The first-order valence-electron chi connectivity index (χ1n) is 4.53. The first kappa shape index (κ1) is 11.7. The number of carbonyl (C=O) groups is 1. The van der Waals surface area contributed by atoms with E-state index < -0.39 is 6.29 Å². The molecular weight excluding hydrogens is 198 g/mol. The predicted molar refractivity (Wildman–Crippen MR) is 53.5 cm³/mol. The van der Waals surface area contributed by atoms with Crippen molar-refractivity contribution < 1.29 is 18.7 Å². The average Bonchev–Trinajstić information content (AvgIpc) is 2.77. The maximum absolute atomic E-state index is 11.7. The number of hydrogen-bond donors (Lipinski definition) is 0. The Bertz CT molecular complexity index is 292. The first-order chi connectivity index (χ1) is 7.19. The molecule has 0 atom stereocenters. The molecule has 5 heteroatoms. The summed E-state index contributed by atoms with van der Waals surface area (Å²) >= 11 is 0. The molecule has 0 N–H and O–H groups in total. The second-order valence-electron chi connectivity index (χ2n) is 3.06. The lowest BCUT2D eigenvalue weighted by Gasteiger charge is -2.21. The van der Waals surface area contributed by atoms with Gasteiger partial charge in [-0.3, -0.25) is 4.79 Å². The van der Waals surface area contributed by atoms with E-state index in [-0.39, 0.29) is 5.91 Å². The zero-order chi connectivity index (χ0) is 11.3. The van der Waals surface area contributed by atoms with Crippen LogP contribution >= 0.6 is 0 Å². The molecule has 0 unspecified atom stereocenters. The normalized spacial score (nSPS) is 10.7. The summed E-state index contributed by atoms with van der Waals surface area (Å²) < 4.78 is 15.0. The molecule has 1 aromatic rings. The molecule has 0 saturated heterocycles. The van der Waals surface area contributed by atoms with Gasteiger partial charge in [-0.2, -0.15) is 0 Å². The van der Waals surface area contributed by atoms with Crippen molar-refractivity contribution in [1.82, 2.24) is 4.90 Å². The highest BCUT2D eigenvalue weighted by Gasteiger charge is 2.17. The fraction of sp³-hybridized carbons (Fsp3) is 0.500. The Hall–Kier alpha value is -1.33. The van der Waals surface area contributed by atoms with Crippen LogP contribution in [0.1, 0.15) is 10.6 Å². The maximum Gasteiger partial charge on any atom is 0.289 e. The van der Waals surface area contributed by atoms with Gasteiger partial charge in [0.05, 0.1) is 12.8 Å². The van der Waals surface area contributed by atoms with E-state index >= 15 is 0 Å². The van der Waals surface area contributed by atoms with Crippen LogP contribution in [0.25, 0.3) is 0 Å². The van der Waals surface area contributed by atoms with Crippen molar-refractivity contribution in [3.05, 3.63) is 24.2 Å². The van der Waals surface area contributed by atoms with Gasteiger partial charge in [0.1, 0.15) is 0 Å². The van der Waals surface area contributed by atoms with E-state index in [1.165, 1.54) is 25.4 Å². The summed E-state index contributed by atoms with van der Waals surface area (Å²) in [4.78, 5) is 13.2. The van der Waals surface area contributed by atoms with E-state index in [0.29, 0.717) is 12.3 Å². The summed E-state index contributed by atoms with van der Waals surface area (Å²) in [6, 6.07) is 3.29. The summed E-state index contributed by atoms with van der Waals surface area (Å²) in [5, 5.41) is 0. The van der Waals surface area contributed by atoms with E-state index in [9.17, 15) is 4.79 Å². The van der Waals surface area contributed by atoms with Gasteiger partial charge in [-0.15, -0.1) is 0 Å². The molecule has 0 radical (unpaired) electrons. The third-order valence-corrected chi connectivity index (χ3v) is 2.03. The molecule has 1 heterocycles. The summed E-state index contributed by atoms with van der Waals surface area (Å²) in [5.41, 5.74) is 0. The van der Waals surface area contributed by atoms with Gasteiger partial charge in [0.2, 0.25) is 0 Å². The lowest BCUT2D eigenvalue weighted by atomic mass is 10.4. The Labute approximate surface area is 88.6 Å². The molecule has 0 aromatic carbocycles. The molecule has 0 fully saturated rings. The summed E-state index contributed by atoms with van der Waals surface area (Å²) in [7, 11) is 4.72. The SMILES string of the molecule is COC(CN(C)C(=O)c1ccco1)OC. The number of carbonyl (C=O) groups excluding carboxylic acids is 1. The number of amides is 1. The third-order valence-electron chi connectivity index (χ3n) is 2.03. The lowest BCUT2D eigenvalue weighted by molar-refractivity contribution is -0.110. The quantitative estimate of drug-likeness (QED) is 0.684. The van der Waals surface area contributed by atoms with E-state index in [1.54, 1.807) is 19.2 Å². The zero-order valence-corrected chi connectivity index (χ0v) is 9.10. The average molecular weight is 213 g/mol. The van der Waals surface area contributed by atoms with Crippen molar-refractivity contribution in [2.24, 2.45) is 0 Å². The molecule has 15 heavy (non-hydrogen) atoms. The van der Waals surface area contributed by atoms with Gasteiger partial charge >= 0.3 is 0 Å². The standard InChI is InChI=1S/C10H15NO4/c1-11(7-9(13-2)14-3)10(12)8-5-4-6-15-8/h4-6,9H,7H2,1-3H3. The Morgan fingerprint density at radius 2 is 2.20 bits per heavy atom. The molecule has 1 amide bonds. The van der Waals surface area contributed by atoms with Crippen molar-refractivity contribution in [2.45, 2.75) is 6.29 Å². The highest BCUT2D eigenvalue weighted by molar-refractivity contribution is 5.91. The molecule has 0 aliphatic rings. The van der Waals surface area contributed by atoms with E-state index in [1.807, 2.05) is 0 Å². The number of furan rings is 1. The molecule has 1 aromatic heterocycles. The van der Waals surface area contributed by atoms with Gasteiger partial charge in [0.25, 0.3) is 5.91 Å². The molecular formula is C10H15NO4. The van der Waals surface area contributed by atoms with Crippen LogP contribution in [0.3, 0.4) is 0 Å². The molecule has 5 nitrogen and oxygen atoms in total. The number of ether oxygens (including phenoxy) is 2. The molecule has 84 valence electrons. The third kappa shape index (κ3) is 3.07. The minimum absolute atomic E-state index is 0.195. The fourth-order valence-corrected chi connectivity index (χ4v) is 1.14. The number of likely N-dealkylation sites (N-methyl/N-ethyl adjacent to an activating group) is 1. The monoisotopic (exact) mass is 213 g/mol. The van der Waals surface area contributed by atoms with Crippen LogP contribution in [0.2, 0.25) is 0 Å². The Morgan fingerprint density at radius 3 is 2.67 bits per heavy atom. The van der Waals surface area contributed by atoms with Crippen LogP contribution in [0.4, 0.5) is 0 Å². The van der Waals surface area contributed by atoms with Crippen LogP contribution in [-0.2, 0) is 9.47 Å². The van der Waals surface area contributed by atoms with Gasteiger partial charge < -0.3 is 18.8 Å². The topological polar surface area (TPSA) is 51.9 Å². The van der Waals surface area contributed by atoms with Gasteiger partial charge in [-0.25, -0.2) is 0 Å². The molecule has 0 aliphatic carbocycles. The summed E-state index contributed by atoms with van der Waals surface area (Å²) in [6.45, 7) is 0.354. The first-order valence-corrected chi connectivity index (χ1v) is 4.53. The highest BCUT2D eigenvalue weighted by atomic mass is 16.7. The van der Waals surface area contributed by atoms with Crippen molar-refractivity contribution in [3.63, 3.8) is 0 Å². The van der Waals surface area contributed by atoms with E-state index in [4.69, 9.17) is 13.9 Å². The van der Waals surface area contributed by atoms with Crippen LogP contribution < -0.4 is 0 Å². The highest BCUT2D eigenvalue weighted by Crippen LogP contribution is 2.05. The second-order valence-corrected chi connectivity index (χ2v) is 3.06. The van der Waals surface area contributed by atoms with Gasteiger partial charge in [-0.1, -0.05) is 0 Å². The second kappa shape index (κ2) is 5.53. The van der Waals surface area contributed by atoms with E-state index in [2.05, 4.69) is 0 Å². The summed E-state index contributed by atoms with van der Waals surface area (Å²) in [5.74, 6) is 0.113. The predicted octanol–water partition coefficient (Wildman–Crippen LogP) is 0.970. The molecule has 0 aliphatic heterocycles. The maximum atomic E-state index is 11.7. The Kier molecular flexibility index (Phi) is 4.33. The minimum Gasteiger partial charge on any atom is -0.459 e. The largest absolute Gasteiger partial charge is 0.459 e. The minimum atomic E-state index is -0.422. The number of hydrogen-bond acceptors (Lipinski definition) is 4. The van der Waals surface area contributed by atoms with Crippen LogP contribution in [0.5, 0.6) is 0 Å². The van der Waals surface area contributed by atoms with Gasteiger partial charge in [0, 0.05) is 21.3 Å². The zero-order valence-electron chi connectivity index (χ0n) is 9.10. The molecule has 0 saturated carbocycles. The van der Waals surface area contributed by atoms with Crippen molar-refractivity contribution in [3.8, 4) is 0 Å². The van der Waals surface area contributed by atoms with Crippen LogP contribution in [0.15, 0.2) is 22.8 Å². The molecule has 1 rings (SSSR count). The lowest BCUT2D eigenvalue weighted by Crippen LogP contribution is -2.35. The van der Waals surface area contributed by atoms with Gasteiger partial charge in [0.15, 0.2) is 12.1 Å². The fourth-order valence-electron chi connectivity index (χ4n) is 1.14. The van der Waals surface area contributed by atoms with Crippen LogP contribution in [-0.4, -0.2) is 44.9 Å². The Balaban J connectivity index is 2.53. The smallest absolute Gasteiger partial charge is 0.289 e. The van der Waals surface area contributed by atoms with E-state index in [0.717, 1.165) is 0 Å². The van der Waals surface area contributed by atoms with Crippen molar-refractivity contribution >= 4 is 5.91 Å². The Morgan fingerprint density at radius 1 is 1.53 bits per heavy atom. The number of nitrogens with zero attached hydrogens (tertiary/aromatic N) is 1. The van der Waals surface area contributed by atoms with Crippen molar-refractivity contribution in [1.29, 1.82) is 0 Å². The van der Waals surface area contributed by atoms with Crippen molar-refractivity contribution in [2.75, 3.05) is 27.8 Å². The van der Waals surface area contributed by atoms with Gasteiger partial charge in [-0.05, 0) is 12.1 Å². The van der Waals surface area contributed by atoms with Crippen LogP contribution in [0, 0.1) is 0 Å². The number of rotatable bonds is 5.